The Morgan fingerprint density at radius 1 is 1.13 bits per heavy atom. The van der Waals surface area contributed by atoms with Gasteiger partial charge in [-0.1, -0.05) is 26.0 Å². The van der Waals surface area contributed by atoms with Crippen molar-refractivity contribution in [3.8, 4) is 0 Å². The molecule has 31 heavy (non-hydrogen) atoms. The van der Waals surface area contributed by atoms with Gasteiger partial charge in [-0.3, -0.25) is 0 Å². The van der Waals surface area contributed by atoms with Crippen LogP contribution in [0.4, 0.5) is 9.18 Å². The third-order valence-electron chi connectivity index (χ3n) is 4.54. The van der Waals surface area contributed by atoms with E-state index in [0.717, 1.165) is 0 Å². The number of nitrogens with zero attached hydrogens (tertiary/aromatic N) is 3. The third-order valence-corrected chi connectivity index (χ3v) is 6.11. The van der Waals surface area contributed by atoms with Gasteiger partial charge in [0.05, 0.1) is 24.2 Å². The van der Waals surface area contributed by atoms with Crippen LogP contribution in [-0.4, -0.2) is 41.5 Å². The number of carbonyl (C=O) groups excluding carboxylic acids is 1. The van der Waals surface area contributed by atoms with Gasteiger partial charge in [0.2, 0.25) is 15.0 Å². The van der Waals surface area contributed by atoms with Gasteiger partial charge in [-0.2, -0.15) is 0 Å². The minimum absolute atomic E-state index is 0.0104. The molecule has 0 unspecified atom stereocenters. The van der Waals surface area contributed by atoms with E-state index in [2.05, 4.69) is 10.3 Å². The number of nitrogens with one attached hydrogen (secondary N) is 1. The zero-order valence-electron chi connectivity index (χ0n) is 19.1. The van der Waals surface area contributed by atoms with E-state index in [0.29, 0.717) is 17.8 Å². The highest BCUT2D eigenvalue weighted by atomic mass is 32.2. The highest BCUT2D eigenvalue weighted by Crippen LogP contribution is 2.23. The largest absolute Gasteiger partial charge is 0.336 e. The molecule has 0 spiro atoms. The molecule has 7 nitrogen and oxygen atoms in total. The minimum atomic E-state index is -3.77. The first kappa shape index (κ1) is 24.8. The van der Waals surface area contributed by atoms with Crippen molar-refractivity contribution >= 4 is 15.9 Å². The fraction of sp³-hybridized carbons (Fsp3) is 0.545. The predicted molar refractivity (Wildman–Crippen MR) is 119 cm³/mol. The Kier molecular flexibility index (Phi) is 8.22. The average Bonchev–Trinajstić information content (AvgIpc) is 3.07. The Labute approximate surface area is 184 Å². The SMILES string of the molecule is CC(C)CN(Cc1cnc(S(=O)(=O)Cc2ccc(F)cc2)n1C(C)C)C(=O)NC(C)C. The number of hydrogen-bond acceptors (Lipinski definition) is 4. The van der Waals surface area contributed by atoms with Crippen molar-refractivity contribution in [2.45, 2.75) is 71.1 Å². The molecule has 0 bridgehead atoms. The van der Waals surface area contributed by atoms with Gasteiger partial charge in [-0.05, 0) is 51.3 Å². The highest BCUT2D eigenvalue weighted by Gasteiger charge is 2.27. The van der Waals surface area contributed by atoms with Gasteiger partial charge in [0.25, 0.3) is 0 Å². The lowest BCUT2D eigenvalue weighted by Gasteiger charge is -2.27. The van der Waals surface area contributed by atoms with Gasteiger partial charge in [0, 0.05) is 18.6 Å². The highest BCUT2D eigenvalue weighted by molar-refractivity contribution is 7.90. The molecule has 2 rings (SSSR count). The van der Waals surface area contributed by atoms with Gasteiger partial charge >= 0.3 is 6.03 Å². The van der Waals surface area contributed by atoms with Crippen LogP contribution in [0.1, 0.15) is 58.8 Å². The maximum Gasteiger partial charge on any atom is 0.317 e. The van der Waals surface area contributed by atoms with E-state index in [1.54, 1.807) is 9.47 Å². The topological polar surface area (TPSA) is 84.3 Å². The van der Waals surface area contributed by atoms with E-state index in [4.69, 9.17) is 0 Å². The summed E-state index contributed by atoms with van der Waals surface area (Å²) >= 11 is 0. The number of urea groups is 1. The summed E-state index contributed by atoms with van der Waals surface area (Å²) in [7, 11) is -3.77. The molecule has 0 radical (unpaired) electrons. The molecule has 2 aromatic rings. The lowest BCUT2D eigenvalue weighted by molar-refractivity contribution is 0.183. The number of halogens is 1. The molecule has 2 amide bonds. The lowest BCUT2D eigenvalue weighted by Crippen LogP contribution is -2.44. The number of hydrogen-bond donors (Lipinski definition) is 1. The molecule has 172 valence electrons. The molecule has 0 aliphatic carbocycles. The van der Waals surface area contributed by atoms with Crippen molar-refractivity contribution in [1.29, 1.82) is 0 Å². The number of aromatic nitrogens is 2. The molecule has 1 aromatic heterocycles. The molecule has 0 atom stereocenters. The summed E-state index contributed by atoms with van der Waals surface area (Å²) in [4.78, 5) is 18.6. The van der Waals surface area contributed by atoms with Crippen LogP contribution in [-0.2, 0) is 22.1 Å². The average molecular weight is 453 g/mol. The van der Waals surface area contributed by atoms with E-state index in [1.807, 2.05) is 41.5 Å². The van der Waals surface area contributed by atoms with Crippen molar-refractivity contribution in [3.63, 3.8) is 0 Å². The number of carbonyl (C=O) groups is 1. The number of rotatable bonds is 9. The van der Waals surface area contributed by atoms with Gasteiger partial charge in [-0.25, -0.2) is 22.6 Å². The first-order valence-electron chi connectivity index (χ1n) is 10.5. The van der Waals surface area contributed by atoms with Crippen LogP contribution in [0.15, 0.2) is 35.6 Å². The molecule has 0 fully saturated rings. The van der Waals surface area contributed by atoms with Crippen molar-refractivity contribution in [2.24, 2.45) is 5.92 Å². The van der Waals surface area contributed by atoms with Crippen LogP contribution in [0.25, 0.3) is 0 Å². The van der Waals surface area contributed by atoms with Crippen LogP contribution in [0, 0.1) is 11.7 Å². The number of amides is 2. The predicted octanol–water partition coefficient (Wildman–Crippen LogP) is 4.15. The van der Waals surface area contributed by atoms with Crippen LogP contribution < -0.4 is 5.32 Å². The van der Waals surface area contributed by atoms with Crippen molar-refractivity contribution in [2.75, 3.05) is 6.54 Å². The Morgan fingerprint density at radius 2 is 1.74 bits per heavy atom. The molecular weight excluding hydrogens is 419 g/mol. The summed E-state index contributed by atoms with van der Waals surface area (Å²) in [5.74, 6) is -0.452. The van der Waals surface area contributed by atoms with Crippen LogP contribution >= 0.6 is 0 Å². The smallest absolute Gasteiger partial charge is 0.317 e. The van der Waals surface area contributed by atoms with E-state index in [9.17, 15) is 17.6 Å². The van der Waals surface area contributed by atoms with Crippen molar-refractivity contribution in [1.82, 2.24) is 19.8 Å². The van der Waals surface area contributed by atoms with Crippen LogP contribution in [0.5, 0.6) is 0 Å². The second-order valence-electron chi connectivity index (χ2n) is 8.76. The summed E-state index contributed by atoms with van der Waals surface area (Å²) in [5.41, 5.74) is 1.13. The third kappa shape index (κ3) is 6.78. The standard InChI is InChI=1S/C22H33FN4O3S/c1-15(2)12-26(21(28)25-16(3)4)13-20-11-24-22(27(20)17(5)6)31(29,30)14-18-7-9-19(23)10-8-18/h7-11,15-17H,12-14H2,1-6H3,(H,25,28). The fourth-order valence-electron chi connectivity index (χ4n) is 3.34. The summed E-state index contributed by atoms with van der Waals surface area (Å²) in [6, 6.07) is 5.00. The van der Waals surface area contributed by atoms with E-state index in [1.165, 1.54) is 30.5 Å². The van der Waals surface area contributed by atoms with E-state index >= 15 is 0 Å². The van der Waals surface area contributed by atoms with Crippen LogP contribution in [0.3, 0.4) is 0 Å². The van der Waals surface area contributed by atoms with E-state index in [-0.39, 0.29) is 41.5 Å². The van der Waals surface area contributed by atoms with Gasteiger partial charge in [-0.15, -0.1) is 0 Å². The molecule has 9 heteroatoms. The van der Waals surface area contributed by atoms with Gasteiger partial charge in [0.15, 0.2) is 0 Å². The molecule has 1 heterocycles. The number of benzene rings is 1. The van der Waals surface area contributed by atoms with Crippen molar-refractivity contribution in [3.05, 3.63) is 47.5 Å². The monoisotopic (exact) mass is 452 g/mol. The Bertz CT molecular complexity index is 983. The minimum Gasteiger partial charge on any atom is -0.336 e. The zero-order valence-corrected chi connectivity index (χ0v) is 19.9. The maximum atomic E-state index is 13.2. The summed E-state index contributed by atoms with van der Waals surface area (Å²) in [6.45, 7) is 12.4. The molecule has 1 aromatic carbocycles. The normalized spacial score (nSPS) is 12.1. The molecule has 1 N–H and O–H groups in total. The Balaban J connectivity index is 2.37. The molecule has 0 saturated heterocycles. The van der Waals surface area contributed by atoms with E-state index < -0.39 is 15.7 Å². The summed E-state index contributed by atoms with van der Waals surface area (Å²) in [5, 5.41) is 2.85. The first-order valence-corrected chi connectivity index (χ1v) is 12.1. The summed E-state index contributed by atoms with van der Waals surface area (Å²) in [6.07, 6.45) is 1.52. The second-order valence-corrected chi connectivity index (χ2v) is 10.6. The zero-order chi connectivity index (χ0) is 23.3. The number of sulfone groups is 1. The maximum absolute atomic E-state index is 13.2. The molecule has 0 aliphatic rings. The molecular formula is C22H33FN4O3S. The quantitative estimate of drug-likeness (QED) is 0.619. The Hall–Kier alpha value is -2.42. The Morgan fingerprint density at radius 3 is 2.26 bits per heavy atom. The molecule has 0 aliphatic heterocycles. The first-order chi connectivity index (χ1) is 14.4. The van der Waals surface area contributed by atoms with Gasteiger partial charge in [0.1, 0.15) is 5.82 Å². The second kappa shape index (κ2) is 10.3. The van der Waals surface area contributed by atoms with Gasteiger partial charge < -0.3 is 14.8 Å². The lowest BCUT2D eigenvalue weighted by atomic mass is 10.2. The van der Waals surface area contributed by atoms with Crippen molar-refractivity contribution < 1.29 is 17.6 Å². The number of imidazole rings is 1. The summed E-state index contributed by atoms with van der Waals surface area (Å²) < 4.78 is 41.0. The van der Waals surface area contributed by atoms with Crippen LogP contribution in [0.2, 0.25) is 0 Å². The fourth-order valence-corrected chi connectivity index (χ4v) is 4.94. The molecule has 0 saturated carbocycles.